The summed E-state index contributed by atoms with van der Waals surface area (Å²) in [6.45, 7) is 0. The van der Waals surface area contributed by atoms with Gasteiger partial charge < -0.3 is 0 Å². The molecule has 2 nitrogen and oxygen atoms in total. The third-order valence-corrected chi connectivity index (χ3v) is 4.48. The highest BCUT2D eigenvalue weighted by atomic mass is 127. The Morgan fingerprint density at radius 2 is 1.85 bits per heavy atom. The van der Waals surface area contributed by atoms with Crippen molar-refractivity contribution in [2.24, 2.45) is 5.84 Å². The van der Waals surface area contributed by atoms with Gasteiger partial charge in [0.1, 0.15) is 11.6 Å². The Morgan fingerprint density at radius 3 is 2.45 bits per heavy atom. The third-order valence-electron chi connectivity index (χ3n) is 3.00. The number of rotatable bonds is 4. The zero-order valence-corrected chi connectivity index (χ0v) is 14.1. The molecule has 0 aliphatic rings. The zero-order valence-electron chi connectivity index (χ0n) is 10.3. The van der Waals surface area contributed by atoms with E-state index in [9.17, 15) is 8.78 Å². The van der Waals surface area contributed by atoms with Gasteiger partial charge in [-0.1, -0.05) is 22.0 Å². The van der Waals surface area contributed by atoms with Crippen molar-refractivity contribution in [3.8, 4) is 0 Å². The van der Waals surface area contributed by atoms with Crippen molar-refractivity contribution in [2.75, 3.05) is 0 Å². The van der Waals surface area contributed by atoms with Gasteiger partial charge in [0.05, 0.1) is 6.04 Å². The first-order valence-corrected chi connectivity index (χ1v) is 7.74. The van der Waals surface area contributed by atoms with Crippen LogP contribution in [-0.4, -0.2) is 0 Å². The van der Waals surface area contributed by atoms with Gasteiger partial charge in [0, 0.05) is 13.6 Å². The van der Waals surface area contributed by atoms with Gasteiger partial charge in [-0.3, -0.25) is 11.3 Å². The summed E-state index contributed by atoms with van der Waals surface area (Å²) >= 11 is 5.56. The molecule has 6 heteroatoms. The molecule has 0 heterocycles. The maximum absolute atomic E-state index is 13.7. The summed E-state index contributed by atoms with van der Waals surface area (Å²) in [4.78, 5) is 0. The van der Waals surface area contributed by atoms with E-state index < -0.39 is 11.6 Å². The Labute approximate surface area is 138 Å². The molecule has 0 spiro atoms. The minimum absolute atomic E-state index is 0.0335. The fourth-order valence-corrected chi connectivity index (χ4v) is 3.06. The molecule has 1 unspecified atom stereocenters. The highest BCUT2D eigenvalue weighted by molar-refractivity contribution is 14.1. The van der Waals surface area contributed by atoms with Gasteiger partial charge in [0.15, 0.2) is 0 Å². The maximum Gasteiger partial charge on any atom is 0.129 e. The lowest BCUT2D eigenvalue weighted by molar-refractivity contribution is 0.498. The van der Waals surface area contributed by atoms with Crippen LogP contribution in [0.3, 0.4) is 0 Å². The molecule has 2 aromatic carbocycles. The largest absolute Gasteiger partial charge is 0.271 e. The van der Waals surface area contributed by atoms with Gasteiger partial charge in [-0.05, 0) is 64.9 Å². The average molecular weight is 453 g/mol. The van der Waals surface area contributed by atoms with Crippen LogP contribution in [0.1, 0.15) is 17.2 Å². The van der Waals surface area contributed by atoms with E-state index in [1.54, 1.807) is 0 Å². The molecule has 0 aliphatic heterocycles. The highest BCUT2D eigenvalue weighted by Crippen LogP contribution is 2.27. The van der Waals surface area contributed by atoms with E-state index in [4.69, 9.17) is 5.84 Å². The first-order chi connectivity index (χ1) is 9.52. The molecule has 2 aromatic rings. The standard InChI is InChI=1S/C14H12BrF2IN2/c15-8-4-5-13(18)10(6-8)14(20-19)7-9-11(16)2-1-3-12(9)17/h1-6,14,20H,7,19H2. The van der Waals surface area contributed by atoms with E-state index in [-0.39, 0.29) is 18.0 Å². The van der Waals surface area contributed by atoms with E-state index >= 15 is 0 Å². The normalized spacial score (nSPS) is 12.4. The second kappa shape index (κ2) is 6.93. The SMILES string of the molecule is NNC(Cc1c(F)cccc1F)c1cc(Br)ccc1I. The molecule has 0 aromatic heterocycles. The monoisotopic (exact) mass is 452 g/mol. The summed E-state index contributed by atoms with van der Waals surface area (Å²) in [6, 6.07) is 9.19. The topological polar surface area (TPSA) is 38.0 Å². The zero-order chi connectivity index (χ0) is 14.7. The Hall–Kier alpha value is -0.570. The summed E-state index contributed by atoms with van der Waals surface area (Å²) < 4.78 is 29.3. The van der Waals surface area contributed by atoms with Crippen molar-refractivity contribution < 1.29 is 8.78 Å². The van der Waals surface area contributed by atoms with Crippen molar-refractivity contribution in [3.05, 3.63) is 67.2 Å². The fraction of sp³-hybridized carbons (Fsp3) is 0.143. The second-order valence-electron chi connectivity index (χ2n) is 4.29. The van der Waals surface area contributed by atoms with Crippen LogP contribution in [0.4, 0.5) is 8.78 Å². The summed E-state index contributed by atoms with van der Waals surface area (Å²) in [6.07, 6.45) is 0.140. The number of nitrogens with one attached hydrogen (secondary N) is 1. The van der Waals surface area contributed by atoms with Crippen LogP contribution in [0.5, 0.6) is 0 Å². The van der Waals surface area contributed by atoms with Crippen molar-refractivity contribution >= 4 is 38.5 Å². The Bertz CT molecular complexity index is 602. The predicted octanol–water partition coefficient (Wildman–Crippen LogP) is 4.08. The maximum atomic E-state index is 13.7. The van der Waals surface area contributed by atoms with Crippen LogP contribution < -0.4 is 11.3 Å². The number of nitrogens with two attached hydrogens (primary N) is 1. The first kappa shape index (κ1) is 15.8. The van der Waals surface area contributed by atoms with E-state index in [0.717, 1.165) is 13.6 Å². The first-order valence-electron chi connectivity index (χ1n) is 5.87. The Morgan fingerprint density at radius 1 is 1.20 bits per heavy atom. The molecule has 3 N–H and O–H groups in total. The molecule has 0 fully saturated rings. The molecule has 0 bridgehead atoms. The summed E-state index contributed by atoms with van der Waals surface area (Å²) in [5.41, 5.74) is 3.56. The van der Waals surface area contributed by atoms with Gasteiger partial charge in [0.25, 0.3) is 0 Å². The molecule has 0 amide bonds. The molecule has 0 saturated heterocycles. The lowest BCUT2D eigenvalue weighted by Crippen LogP contribution is -2.30. The van der Waals surface area contributed by atoms with Crippen LogP contribution >= 0.6 is 38.5 Å². The van der Waals surface area contributed by atoms with Gasteiger partial charge >= 0.3 is 0 Å². The molecule has 0 radical (unpaired) electrons. The summed E-state index contributed by atoms with van der Waals surface area (Å²) in [7, 11) is 0. The molecular formula is C14H12BrF2IN2. The fourth-order valence-electron chi connectivity index (χ4n) is 1.97. The Balaban J connectivity index is 2.36. The van der Waals surface area contributed by atoms with Crippen molar-refractivity contribution in [1.82, 2.24) is 5.43 Å². The van der Waals surface area contributed by atoms with Crippen molar-refractivity contribution in [1.29, 1.82) is 0 Å². The number of halogens is 4. The molecule has 1 atom stereocenters. The summed E-state index contributed by atoms with van der Waals surface area (Å²) in [5, 5.41) is 0. The minimum Gasteiger partial charge on any atom is -0.271 e. The van der Waals surface area contributed by atoms with E-state index in [1.165, 1.54) is 18.2 Å². The number of hydrogen-bond acceptors (Lipinski definition) is 2. The van der Waals surface area contributed by atoms with E-state index in [1.807, 2.05) is 18.2 Å². The average Bonchev–Trinajstić information content (AvgIpc) is 2.42. The van der Waals surface area contributed by atoms with Crippen LogP contribution in [0.2, 0.25) is 0 Å². The van der Waals surface area contributed by atoms with Crippen LogP contribution in [-0.2, 0) is 6.42 Å². The third kappa shape index (κ3) is 3.55. The Kier molecular flexibility index (Phi) is 5.48. The van der Waals surface area contributed by atoms with Gasteiger partial charge in [-0.2, -0.15) is 0 Å². The molecule has 20 heavy (non-hydrogen) atoms. The smallest absolute Gasteiger partial charge is 0.129 e. The lowest BCUT2D eigenvalue weighted by atomic mass is 9.99. The number of hydrogen-bond donors (Lipinski definition) is 2. The van der Waals surface area contributed by atoms with Crippen LogP contribution in [0.25, 0.3) is 0 Å². The quantitative estimate of drug-likeness (QED) is 0.416. The minimum atomic E-state index is -0.560. The van der Waals surface area contributed by atoms with Crippen LogP contribution in [0.15, 0.2) is 40.9 Å². The molecule has 0 saturated carbocycles. The summed E-state index contributed by atoms with van der Waals surface area (Å²) in [5.74, 6) is 4.44. The molecular weight excluding hydrogens is 441 g/mol. The van der Waals surface area contributed by atoms with Gasteiger partial charge in [0.2, 0.25) is 0 Å². The number of benzene rings is 2. The van der Waals surface area contributed by atoms with Crippen LogP contribution in [0, 0.1) is 15.2 Å². The van der Waals surface area contributed by atoms with Crippen molar-refractivity contribution in [3.63, 3.8) is 0 Å². The predicted molar refractivity (Wildman–Crippen MR) is 87.0 cm³/mol. The van der Waals surface area contributed by atoms with Gasteiger partial charge in [-0.25, -0.2) is 8.78 Å². The highest BCUT2D eigenvalue weighted by Gasteiger charge is 2.18. The molecule has 0 aliphatic carbocycles. The lowest BCUT2D eigenvalue weighted by Gasteiger charge is -2.19. The van der Waals surface area contributed by atoms with E-state index in [0.29, 0.717) is 0 Å². The van der Waals surface area contributed by atoms with Gasteiger partial charge in [-0.15, -0.1) is 0 Å². The van der Waals surface area contributed by atoms with Crippen molar-refractivity contribution in [2.45, 2.75) is 12.5 Å². The number of hydrazine groups is 1. The van der Waals surface area contributed by atoms with E-state index in [2.05, 4.69) is 43.9 Å². The molecule has 106 valence electrons. The second-order valence-corrected chi connectivity index (χ2v) is 6.37. The molecule has 2 rings (SSSR count).